The third-order valence-corrected chi connectivity index (χ3v) is 1.65. The molecule has 56 valence electrons. The van der Waals surface area contributed by atoms with Crippen LogP contribution in [0.15, 0.2) is 0 Å². The number of nitrogen functional groups attached to an aromatic ring is 1. The average Bonchev–Trinajstić information content (AvgIpc) is 2.17. The maximum absolute atomic E-state index is 8.72. The number of hydrogen-bond donors (Lipinski definition) is 2. The van der Waals surface area contributed by atoms with Gasteiger partial charge in [0.1, 0.15) is 18.2 Å². The van der Waals surface area contributed by atoms with Gasteiger partial charge in [-0.1, -0.05) is 0 Å². The number of aliphatic hydroxyl groups is 1. The van der Waals surface area contributed by atoms with Gasteiger partial charge in [-0.05, 0) is 6.92 Å². The lowest BCUT2D eigenvalue weighted by molar-refractivity contribution is 0.267. The molecule has 0 atom stereocenters. The maximum atomic E-state index is 8.72. The lowest BCUT2D eigenvalue weighted by atomic mass is 10.5. The highest BCUT2D eigenvalue weighted by Gasteiger charge is 2.05. The molecule has 4 heteroatoms. The van der Waals surface area contributed by atoms with Crippen molar-refractivity contribution in [2.45, 2.75) is 13.5 Å². The summed E-state index contributed by atoms with van der Waals surface area (Å²) in [7, 11) is 1.82. The third-order valence-electron chi connectivity index (χ3n) is 1.65. The molecule has 0 aliphatic carbocycles. The van der Waals surface area contributed by atoms with Gasteiger partial charge in [-0.25, -0.2) is 4.98 Å². The van der Waals surface area contributed by atoms with Gasteiger partial charge < -0.3 is 15.4 Å². The summed E-state index contributed by atoms with van der Waals surface area (Å²) in [6, 6.07) is 0. The van der Waals surface area contributed by atoms with E-state index in [1.54, 1.807) is 4.57 Å². The first kappa shape index (κ1) is 7.08. The molecule has 0 saturated carbocycles. The molecular formula is C6H11N3O. The summed E-state index contributed by atoms with van der Waals surface area (Å²) in [5.41, 5.74) is 6.37. The first-order valence-electron chi connectivity index (χ1n) is 3.05. The molecule has 0 amide bonds. The van der Waals surface area contributed by atoms with E-state index in [2.05, 4.69) is 4.98 Å². The van der Waals surface area contributed by atoms with Crippen molar-refractivity contribution in [3.8, 4) is 0 Å². The third kappa shape index (κ3) is 0.863. The molecule has 0 saturated heterocycles. The first-order valence-corrected chi connectivity index (χ1v) is 3.05. The highest BCUT2D eigenvalue weighted by molar-refractivity contribution is 5.35. The van der Waals surface area contributed by atoms with Crippen LogP contribution >= 0.6 is 0 Å². The largest absolute Gasteiger partial charge is 0.388 e. The summed E-state index contributed by atoms with van der Waals surface area (Å²) in [6.45, 7) is 1.80. The molecule has 4 nitrogen and oxygen atoms in total. The van der Waals surface area contributed by atoms with Crippen LogP contribution < -0.4 is 5.73 Å². The number of aromatic nitrogens is 2. The van der Waals surface area contributed by atoms with Crippen molar-refractivity contribution in [1.82, 2.24) is 9.55 Å². The van der Waals surface area contributed by atoms with Crippen LogP contribution in [0.1, 0.15) is 11.5 Å². The van der Waals surface area contributed by atoms with Crippen LogP contribution in [0.5, 0.6) is 0 Å². The Hall–Kier alpha value is -1.03. The molecule has 0 aromatic carbocycles. The first-order chi connectivity index (χ1) is 4.66. The van der Waals surface area contributed by atoms with Crippen LogP contribution in [-0.2, 0) is 13.7 Å². The summed E-state index contributed by atoms with van der Waals surface area (Å²) < 4.78 is 1.77. The molecule has 0 spiro atoms. The fraction of sp³-hybridized carbons (Fsp3) is 0.500. The molecule has 0 fully saturated rings. The van der Waals surface area contributed by atoms with Crippen molar-refractivity contribution in [2.75, 3.05) is 5.73 Å². The molecule has 0 unspecified atom stereocenters. The van der Waals surface area contributed by atoms with Gasteiger partial charge in [-0.2, -0.15) is 0 Å². The number of hydrogen-bond acceptors (Lipinski definition) is 3. The molecular weight excluding hydrogens is 130 g/mol. The van der Waals surface area contributed by atoms with E-state index in [9.17, 15) is 0 Å². The normalized spacial score (nSPS) is 10.3. The summed E-state index contributed by atoms with van der Waals surface area (Å²) in [5, 5.41) is 8.72. The Bertz CT molecular complexity index is 241. The molecule has 0 aliphatic rings. The minimum Gasteiger partial charge on any atom is -0.388 e. The SMILES string of the molecule is Cc1c(N)nc(CO)n1C. The van der Waals surface area contributed by atoms with Gasteiger partial charge in [0.05, 0.1) is 5.69 Å². The van der Waals surface area contributed by atoms with E-state index >= 15 is 0 Å². The van der Waals surface area contributed by atoms with Crippen molar-refractivity contribution in [3.05, 3.63) is 11.5 Å². The number of nitrogens with two attached hydrogens (primary N) is 1. The molecule has 0 radical (unpaired) electrons. The van der Waals surface area contributed by atoms with Crippen molar-refractivity contribution >= 4 is 5.82 Å². The van der Waals surface area contributed by atoms with Crippen molar-refractivity contribution in [2.24, 2.45) is 7.05 Å². The van der Waals surface area contributed by atoms with Gasteiger partial charge in [0.15, 0.2) is 0 Å². The Kier molecular flexibility index (Phi) is 1.63. The molecule has 3 N–H and O–H groups in total. The molecule has 1 rings (SSSR count). The van der Waals surface area contributed by atoms with Crippen LogP contribution in [0.3, 0.4) is 0 Å². The Morgan fingerprint density at radius 1 is 1.70 bits per heavy atom. The van der Waals surface area contributed by atoms with Gasteiger partial charge in [0, 0.05) is 7.05 Å². The Morgan fingerprint density at radius 3 is 2.50 bits per heavy atom. The van der Waals surface area contributed by atoms with Gasteiger partial charge in [0.2, 0.25) is 0 Å². The standard InChI is InChI=1S/C6H11N3O/c1-4-6(7)8-5(3-10)9(4)2/h10H,3,7H2,1-2H3. The van der Waals surface area contributed by atoms with E-state index in [4.69, 9.17) is 10.8 Å². The minimum absolute atomic E-state index is 0.0610. The van der Waals surface area contributed by atoms with Crippen LogP contribution in [0, 0.1) is 6.92 Å². The summed E-state index contributed by atoms with van der Waals surface area (Å²) in [5.74, 6) is 1.10. The van der Waals surface area contributed by atoms with E-state index in [1.165, 1.54) is 0 Å². The summed E-state index contributed by atoms with van der Waals surface area (Å²) in [4.78, 5) is 3.92. The minimum atomic E-state index is -0.0610. The second-order valence-electron chi connectivity index (χ2n) is 2.22. The Balaban J connectivity index is 3.17. The zero-order chi connectivity index (χ0) is 7.72. The smallest absolute Gasteiger partial charge is 0.145 e. The van der Waals surface area contributed by atoms with Crippen molar-refractivity contribution in [3.63, 3.8) is 0 Å². The predicted molar refractivity (Wildman–Crippen MR) is 38.3 cm³/mol. The van der Waals surface area contributed by atoms with Crippen LogP contribution in [0.25, 0.3) is 0 Å². The molecule has 10 heavy (non-hydrogen) atoms. The fourth-order valence-corrected chi connectivity index (χ4v) is 0.802. The highest BCUT2D eigenvalue weighted by atomic mass is 16.3. The van der Waals surface area contributed by atoms with E-state index in [1.807, 2.05) is 14.0 Å². The van der Waals surface area contributed by atoms with E-state index < -0.39 is 0 Å². The molecule has 1 aromatic rings. The van der Waals surface area contributed by atoms with Gasteiger partial charge in [0.25, 0.3) is 0 Å². The average molecular weight is 141 g/mol. The zero-order valence-electron chi connectivity index (χ0n) is 6.13. The number of rotatable bonds is 1. The lowest BCUT2D eigenvalue weighted by Gasteiger charge is -1.96. The number of aliphatic hydroxyl groups excluding tert-OH is 1. The van der Waals surface area contributed by atoms with Crippen molar-refractivity contribution in [1.29, 1.82) is 0 Å². The second-order valence-corrected chi connectivity index (χ2v) is 2.22. The number of anilines is 1. The fourth-order valence-electron chi connectivity index (χ4n) is 0.802. The van der Waals surface area contributed by atoms with Gasteiger partial charge in [-0.15, -0.1) is 0 Å². The highest BCUT2D eigenvalue weighted by Crippen LogP contribution is 2.09. The monoisotopic (exact) mass is 141 g/mol. The van der Waals surface area contributed by atoms with Gasteiger partial charge >= 0.3 is 0 Å². The molecule has 0 aliphatic heterocycles. The Morgan fingerprint density at radius 2 is 2.30 bits per heavy atom. The lowest BCUT2D eigenvalue weighted by Crippen LogP contribution is -1.98. The zero-order valence-corrected chi connectivity index (χ0v) is 6.13. The van der Waals surface area contributed by atoms with Crippen LogP contribution in [0.4, 0.5) is 5.82 Å². The summed E-state index contributed by atoms with van der Waals surface area (Å²) >= 11 is 0. The van der Waals surface area contributed by atoms with E-state index in [-0.39, 0.29) is 6.61 Å². The molecule has 1 heterocycles. The van der Waals surface area contributed by atoms with Crippen molar-refractivity contribution < 1.29 is 5.11 Å². The van der Waals surface area contributed by atoms with Gasteiger partial charge in [-0.3, -0.25) is 0 Å². The predicted octanol–water partition coefficient (Wildman–Crippen LogP) is -0.197. The second kappa shape index (κ2) is 2.30. The Labute approximate surface area is 59.3 Å². The number of imidazole rings is 1. The molecule has 0 bridgehead atoms. The quantitative estimate of drug-likeness (QED) is 0.569. The van der Waals surface area contributed by atoms with Crippen LogP contribution in [0.2, 0.25) is 0 Å². The number of nitrogens with zero attached hydrogens (tertiary/aromatic N) is 2. The summed E-state index contributed by atoms with van der Waals surface area (Å²) in [6.07, 6.45) is 0. The molecule has 1 aromatic heterocycles. The van der Waals surface area contributed by atoms with Crippen LogP contribution in [-0.4, -0.2) is 14.7 Å². The van der Waals surface area contributed by atoms with E-state index in [0.29, 0.717) is 11.6 Å². The topological polar surface area (TPSA) is 64.1 Å². The van der Waals surface area contributed by atoms with E-state index in [0.717, 1.165) is 5.69 Å². The maximum Gasteiger partial charge on any atom is 0.145 e.